The Morgan fingerprint density at radius 3 is 0.935 bits per heavy atom. The van der Waals surface area contributed by atoms with E-state index in [4.69, 9.17) is 0 Å². The highest BCUT2D eigenvalue weighted by Gasteiger charge is 2.08. The van der Waals surface area contributed by atoms with E-state index in [9.17, 15) is 0 Å². The van der Waals surface area contributed by atoms with Crippen molar-refractivity contribution in [2.75, 3.05) is 0 Å². The van der Waals surface area contributed by atoms with Gasteiger partial charge in [0, 0.05) is 0 Å². The summed E-state index contributed by atoms with van der Waals surface area (Å²) in [5, 5.41) is 0. The van der Waals surface area contributed by atoms with Gasteiger partial charge >= 0.3 is 0 Å². The van der Waals surface area contributed by atoms with Crippen molar-refractivity contribution in [2.24, 2.45) is 0 Å². The first-order chi connectivity index (χ1) is 30.7. The van der Waals surface area contributed by atoms with Crippen molar-refractivity contribution in [3.8, 4) is 22.3 Å². The molecule has 0 radical (unpaired) electrons. The van der Waals surface area contributed by atoms with Crippen LogP contribution in [0.4, 0.5) is 0 Å². The van der Waals surface area contributed by atoms with E-state index >= 15 is 0 Å². The Morgan fingerprint density at radius 2 is 0.532 bits per heavy atom. The molecule has 0 aliphatic carbocycles. The maximum atomic E-state index is 2.30. The lowest BCUT2D eigenvalue weighted by Gasteiger charge is -2.10. The SMILES string of the molecule is C(=Cc1ccc(-c2ccc(-c3ccccc3)cc2)cc1C=Cc1ccc(C=C(c2ccccc2)c2ccccc2)cc1)c1ccc(C=C(c2ccccc2)c2ccccc2)cc1. The fraction of sp³-hybridized carbons (Fsp3) is 0. The third-order valence-corrected chi connectivity index (χ3v) is 11.2. The van der Waals surface area contributed by atoms with Gasteiger partial charge in [0.15, 0.2) is 0 Å². The van der Waals surface area contributed by atoms with E-state index in [1.807, 2.05) is 0 Å². The summed E-state index contributed by atoms with van der Waals surface area (Å²) in [4.78, 5) is 0. The van der Waals surface area contributed by atoms with Gasteiger partial charge in [0.1, 0.15) is 0 Å². The van der Waals surface area contributed by atoms with E-state index in [-0.39, 0.29) is 0 Å². The Labute approximate surface area is 366 Å². The molecule has 0 atom stereocenters. The van der Waals surface area contributed by atoms with Crippen LogP contribution in [0.25, 0.3) is 69.9 Å². The molecular formula is C62H46. The molecule has 9 rings (SSSR count). The Morgan fingerprint density at radius 1 is 0.226 bits per heavy atom. The van der Waals surface area contributed by atoms with E-state index in [0.717, 1.165) is 33.4 Å². The minimum absolute atomic E-state index is 1.14. The van der Waals surface area contributed by atoms with Gasteiger partial charge in [-0.2, -0.15) is 0 Å². The van der Waals surface area contributed by atoms with Gasteiger partial charge < -0.3 is 0 Å². The lowest BCUT2D eigenvalue weighted by Crippen LogP contribution is -1.88. The third kappa shape index (κ3) is 9.86. The van der Waals surface area contributed by atoms with Crippen LogP contribution >= 0.6 is 0 Å². The molecule has 0 bridgehead atoms. The molecule has 0 nitrogen and oxygen atoms in total. The van der Waals surface area contributed by atoms with Crippen molar-refractivity contribution in [3.05, 3.63) is 298 Å². The molecule has 0 saturated heterocycles. The van der Waals surface area contributed by atoms with E-state index in [1.54, 1.807) is 0 Å². The van der Waals surface area contributed by atoms with Crippen LogP contribution in [0.15, 0.2) is 243 Å². The highest BCUT2D eigenvalue weighted by Crippen LogP contribution is 2.31. The van der Waals surface area contributed by atoms with Crippen LogP contribution in [-0.4, -0.2) is 0 Å². The summed E-state index contributed by atoms with van der Waals surface area (Å²) < 4.78 is 0. The molecule has 0 aliphatic heterocycles. The first kappa shape index (κ1) is 39.4. The summed E-state index contributed by atoms with van der Waals surface area (Å²) in [7, 11) is 0. The van der Waals surface area contributed by atoms with Gasteiger partial charge in [-0.25, -0.2) is 0 Å². The normalized spacial score (nSPS) is 11.1. The fourth-order valence-electron chi connectivity index (χ4n) is 7.79. The Hall–Kier alpha value is -8.06. The summed E-state index contributed by atoms with van der Waals surface area (Å²) in [5.41, 5.74) is 18.9. The van der Waals surface area contributed by atoms with Gasteiger partial charge in [-0.15, -0.1) is 0 Å². The topological polar surface area (TPSA) is 0 Å². The van der Waals surface area contributed by atoms with Crippen molar-refractivity contribution < 1.29 is 0 Å². The molecule has 0 heterocycles. The first-order valence-electron chi connectivity index (χ1n) is 21.2. The third-order valence-electron chi connectivity index (χ3n) is 11.2. The Kier molecular flexibility index (Phi) is 12.3. The zero-order valence-corrected chi connectivity index (χ0v) is 34.6. The summed E-state index contributed by atoms with van der Waals surface area (Å²) in [6, 6.07) is 86.3. The molecule has 0 amide bonds. The average Bonchev–Trinajstić information content (AvgIpc) is 3.36. The maximum Gasteiger partial charge on any atom is -0.0105 e. The van der Waals surface area contributed by atoms with Crippen LogP contribution in [0.5, 0.6) is 0 Å². The zero-order chi connectivity index (χ0) is 41.8. The minimum Gasteiger partial charge on any atom is -0.0622 e. The molecule has 294 valence electrons. The van der Waals surface area contributed by atoms with E-state index in [0.29, 0.717) is 0 Å². The lowest BCUT2D eigenvalue weighted by molar-refractivity contribution is 1.55. The second-order valence-corrected chi connectivity index (χ2v) is 15.4. The second-order valence-electron chi connectivity index (χ2n) is 15.4. The van der Waals surface area contributed by atoms with Crippen LogP contribution in [0.3, 0.4) is 0 Å². The van der Waals surface area contributed by atoms with Crippen molar-refractivity contribution in [3.63, 3.8) is 0 Å². The molecule has 62 heavy (non-hydrogen) atoms. The van der Waals surface area contributed by atoms with Crippen molar-refractivity contribution >= 4 is 47.6 Å². The van der Waals surface area contributed by atoms with Crippen LogP contribution in [0.1, 0.15) is 55.6 Å². The number of hydrogen-bond acceptors (Lipinski definition) is 0. The zero-order valence-electron chi connectivity index (χ0n) is 34.6. The summed E-state index contributed by atoms with van der Waals surface area (Å²) in [6.07, 6.45) is 13.5. The van der Waals surface area contributed by atoms with Crippen molar-refractivity contribution in [1.29, 1.82) is 0 Å². The molecule has 0 heteroatoms. The monoisotopic (exact) mass is 790 g/mol. The Bertz CT molecular complexity index is 2870. The lowest BCUT2D eigenvalue weighted by atomic mass is 9.95. The highest BCUT2D eigenvalue weighted by atomic mass is 14.1. The summed E-state index contributed by atoms with van der Waals surface area (Å²) in [6.45, 7) is 0. The van der Waals surface area contributed by atoms with Crippen LogP contribution < -0.4 is 0 Å². The van der Waals surface area contributed by atoms with E-state index in [1.165, 1.54) is 55.7 Å². The molecule has 0 saturated carbocycles. The molecule has 0 aliphatic rings. The van der Waals surface area contributed by atoms with Gasteiger partial charge in [-0.1, -0.05) is 261 Å². The fourth-order valence-corrected chi connectivity index (χ4v) is 7.79. The quantitative estimate of drug-likeness (QED) is 0.108. The number of rotatable bonds is 12. The van der Waals surface area contributed by atoms with Crippen LogP contribution in [0, 0.1) is 0 Å². The van der Waals surface area contributed by atoms with Gasteiger partial charge in [-0.3, -0.25) is 0 Å². The largest absolute Gasteiger partial charge is 0.0622 e. The standard InChI is InChI=1S/C62H46/c1-6-16-51(17-7-1)52-38-40-54(41-39-52)60-43-42-53(36-34-47-26-30-49(31-27-47)44-61(55-18-8-2-9-19-55)56-20-10-3-11-21-56)59(46-60)37-35-48-28-32-50(33-29-48)45-62(57-22-12-4-13-23-57)58-24-14-5-15-25-58/h1-46H. The Balaban J connectivity index is 1.01. The number of benzene rings is 9. The smallest absolute Gasteiger partial charge is 0.0105 e. The second kappa shape index (κ2) is 19.3. The molecule has 9 aromatic carbocycles. The maximum absolute atomic E-state index is 2.30. The van der Waals surface area contributed by atoms with Crippen molar-refractivity contribution in [2.45, 2.75) is 0 Å². The van der Waals surface area contributed by atoms with Gasteiger partial charge in [0.2, 0.25) is 0 Å². The van der Waals surface area contributed by atoms with Crippen LogP contribution in [0.2, 0.25) is 0 Å². The highest BCUT2D eigenvalue weighted by molar-refractivity contribution is 5.93. The molecule has 0 aromatic heterocycles. The predicted molar refractivity (Wildman–Crippen MR) is 268 cm³/mol. The molecule has 0 fully saturated rings. The van der Waals surface area contributed by atoms with Gasteiger partial charge in [-0.05, 0) is 107 Å². The van der Waals surface area contributed by atoms with Gasteiger partial charge in [0.05, 0.1) is 0 Å². The van der Waals surface area contributed by atoms with Crippen LogP contribution in [-0.2, 0) is 0 Å². The summed E-state index contributed by atoms with van der Waals surface area (Å²) in [5.74, 6) is 0. The van der Waals surface area contributed by atoms with E-state index < -0.39 is 0 Å². The molecule has 0 N–H and O–H groups in total. The first-order valence-corrected chi connectivity index (χ1v) is 21.2. The predicted octanol–water partition coefficient (Wildman–Crippen LogP) is 16.5. The summed E-state index contributed by atoms with van der Waals surface area (Å²) >= 11 is 0. The van der Waals surface area contributed by atoms with Gasteiger partial charge in [0.25, 0.3) is 0 Å². The number of hydrogen-bond donors (Lipinski definition) is 0. The molecule has 9 aromatic rings. The minimum atomic E-state index is 1.14. The van der Waals surface area contributed by atoms with E-state index in [2.05, 4.69) is 279 Å². The van der Waals surface area contributed by atoms with Crippen molar-refractivity contribution in [1.82, 2.24) is 0 Å². The molecule has 0 unspecified atom stereocenters. The molecular weight excluding hydrogens is 745 g/mol. The molecule has 0 spiro atoms. The average molecular weight is 791 g/mol.